The fourth-order valence-corrected chi connectivity index (χ4v) is 5.82. The monoisotopic (exact) mass is 600 g/mol. The van der Waals surface area contributed by atoms with Crippen molar-refractivity contribution >= 4 is 33.4 Å². The van der Waals surface area contributed by atoms with E-state index in [0.717, 1.165) is 16.8 Å². The third kappa shape index (κ3) is 6.63. The van der Waals surface area contributed by atoms with E-state index in [2.05, 4.69) is 20.4 Å². The Kier molecular flexibility index (Phi) is 8.94. The average Bonchev–Trinajstić information content (AvgIpc) is 3.51. The molecule has 13 heteroatoms. The number of hydrogen-bond acceptors (Lipinski definition) is 10. The summed E-state index contributed by atoms with van der Waals surface area (Å²) in [4.78, 5) is 22.5. The molecule has 0 amide bonds. The van der Waals surface area contributed by atoms with Crippen molar-refractivity contribution in [2.24, 2.45) is 0 Å². The van der Waals surface area contributed by atoms with Crippen molar-refractivity contribution in [1.29, 1.82) is 0 Å². The van der Waals surface area contributed by atoms with Gasteiger partial charge in [0.1, 0.15) is 12.1 Å². The smallest absolute Gasteiger partial charge is 0.242 e. The van der Waals surface area contributed by atoms with Crippen molar-refractivity contribution in [2.45, 2.75) is 24.3 Å². The minimum atomic E-state index is -3.64. The van der Waals surface area contributed by atoms with Gasteiger partial charge in [-0.1, -0.05) is 49.4 Å². The molecule has 0 radical (unpaired) electrons. The first-order valence-corrected chi connectivity index (χ1v) is 15.4. The third-order valence-corrected chi connectivity index (χ3v) is 9.00. The fourth-order valence-electron chi connectivity index (χ4n) is 4.60. The van der Waals surface area contributed by atoms with Crippen molar-refractivity contribution in [3.05, 3.63) is 84.8 Å². The highest BCUT2D eigenvalue weighted by Gasteiger charge is 2.23. The first kappa shape index (κ1) is 30.0. The molecule has 0 aliphatic rings. The van der Waals surface area contributed by atoms with Gasteiger partial charge in [-0.2, -0.15) is 18.9 Å². The lowest BCUT2D eigenvalue weighted by atomic mass is 10.1. The lowest BCUT2D eigenvalue weighted by Gasteiger charge is -2.22. The highest BCUT2D eigenvalue weighted by atomic mass is 32.2. The molecular weight excluding hydrogens is 564 g/mol. The maximum absolute atomic E-state index is 13.2. The zero-order valence-electron chi connectivity index (χ0n) is 25.0. The molecule has 224 valence electrons. The minimum absolute atomic E-state index is 0.218. The quantitative estimate of drug-likeness (QED) is 0.224. The largest absolute Gasteiger partial charge is 0.347 e. The van der Waals surface area contributed by atoms with Gasteiger partial charge in [0.2, 0.25) is 21.9 Å². The van der Waals surface area contributed by atoms with Crippen molar-refractivity contribution in [3.8, 4) is 11.3 Å². The molecule has 1 N–H and O–H groups in total. The molecule has 0 aliphatic heterocycles. The molecule has 0 saturated carbocycles. The van der Waals surface area contributed by atoms with E-state index in [4.69, 9.17) is 9.97 Å². The van der Waals surface area contributed by atoms with Crippen LogP contribution in [0.3, 0.4) is 0 Å². The lowest BCUT2D eigenvalue weighted by molar-refractivity contribution is 0.358. The van der Waals surface area contributed by atoms with Crippen LogP contribution in [0.2, 0.25) is 0 Å². The molecule has 1 unspecified atom stereocenters. The normalized spacial score (nSPS) is 12.6. The van der Waals surface area contributed by atoms with Crippen LogP contribution < -0.4 is 10.2 Å². The Morgan fingerprint density at radius 2 is 1.70 bits per heavy atom. The summed E-state index contributed by atoms with van der Waals surface area (Å²) in [5.41, 5.74) is 3.22. The zero-order valence-corrected chi connectivity index (χ0v) is 25.8. The van der Waals surface area contributed by atoms with Gasteiger partial charge >= 0.3 is 0 Å². The van der Waals surface area contributed by atoms with Crippen LogP contribution in [0.25, 0.3) is 16.9 Å². The molecule has 3 heterocycles. The van der Waals surface area contributed by atoms with Gasteiger partial charge in [-0.25, -0.2) is 23.4 Å². The first-order chi connectivity index (χ1) is 20.7. The van der Waals surface area contributed by atoms with Crippen LogP contribution in [0.4, 0.5) is 17.7 Å². The van der Waals surface area contributed by atoms with Crippen LogP contribution in [0.1, 0.15) is 24.9 Å². The summed E-state index contributed by atoms with van der Waals surface area (Å²) in [6.45, 7) is 3.05. The molecule has 3 aromatic heterocycles. The summed E-state index contributed by atoms with van der Waals surface area (Å²) in [7, 11) is 3.67. The minimum Gasteiger partial charge on any atom is -0.347 e. The fraction of sp³-hybridized carbons (Fsp3) is 0.300. The van der Waals surface area contributed by atoms with Gasteiger partial charge in [0.15, 0.2) is 5.65 Å². The Hall–Kier alpha value is -4.46. The third-order valence-electron chi connectivity index (χ3n) is 7.15. The Bertz CT molecular complexity index is 1790. The van der Waals surface area contributed by atoms with Crippen LogP contribution >= 0.6 is 0 Å². The number of likely N-dealkylation sites (N-methyl/N-ethyl adjacent to an activating group) is 2. The standard InChI is InChI=1S/C30H36N10O2S/c1-6-25(23-13-10-14-24(19-23)43(41,42)38(4)18-17-37(2)3)34-29-31-16-15-27(36-29)39(5)30-35-26(22-11-8-7-9-12-22)20-28-32-21-33-40(28)30/h7-16,19-21,25H,6,17-18H2,1-5H3,(H,31,34,36). The summed E-state index contributed by atoms with van der Waals surface area (Å²) < 4.78 is 29.5. The number of benzene rings is 2. The molecule has 0 spiro atoms. The van der Waals surface area contributed by atoms with E-state index in [1.54, 1.807) is 42.0 Å². The topological polar surface area (TPSA) is 125 Å². The molecule has 12 nitrogen and oxygen atoms in total. The zero-order chi connectivity index (χ0) is 30.6. The number of anilines is 3. The van der Waals surface area contributed by atoms with E-state index in [0.29, 0.717) is 42.9 Å². The molecule has 1 atom stereocenters. The van der Waals surface area contributed by atoms with E-state index in [1.807, 2.05) is 80.3 Å². The number of sulfonamides is 1. The SMILES string of the molecule is CCC(Nc1nccc(N(C)c2nc(-c3ccccc3)cc3ncnn23)n1)c1cccc(S(=O)(=O)N(C)CCN(C)C)c1. The average molecular weight is 601 g/mol. The molecule has 5 rings (SSSR count). The van der Waals surface area contributed by atoms with E-state index in [-0.39, 0.29) is 10.9 Å². The Labute approximate surface area is 252 Å². The first-order valence-electron chi connectivity index (χ1n) is 14.0. The number of nitrogens with one attached hydrogen (secondary N) is 1. The van der Waals surface area contributed by atoms with E-state index in [1.165, 1.54) is 10.6 Å². The Morgan fingerprint density at radius 1 is 0.907 bits per heavy atom. The highest BCUT2D eigenvalue weighted by Crippen LogP contribution is 2.28. The Balaban J connectivity index is 1.40. The summed E-state index contributed by atoms with van der Waals surface area (Å²) in [5, 5.41) is 7.76. The molecule has 0 bridgehead atoms. The maximum atomic E-state index is 13.2. The number of hydrogen-bond donors (Lipinski definition) is 1. The van der Waals surface area contributed by atoms with Gasteiger partial charge in [-0.15, -0.1) is 0 Å². The van der Waals surface area contributed by atoms with E-state index < -0.39 is 10.0 Å². The number of fused-ring (bicyclic) bond motifs is 1. The summed E-state index contributed by atoms with van der Waals surface area (Å²) in [6, 6.07) is 20.4. The van der Waals surface area contributed by atoms with Crippen molar-refractivity contribution < 1.29 is 8.42 Å². The number of rotatable bonds is 12. The number of nitrogens with zero attached hydrogens (tertiary/aromatic N) is 9. The van der Waals surface area contributed by atoms with Crippen LogP contribution in [0.5, 0.6) is 0 Å². The molecular formula is C30H36N10O2S. The number of aromatic nitrogens is 6. The molecule has 0 saturated heterocycles. The van der Waals surface area contributed by atoms with Crippen LogP contribution in [0, 0.1) is 0 Å². The van der Waals surface area contributed by atoms with Gasteiger partial charge in [-0.05, 0) is 44.3 Å². The molecule has 2 aromatic carbocycles. The predicted octanol–water partition coefficient (Wildman–Crippen LogP) is 4.09. The van der Waals surface area contributed by atoms with Crippen LogP contribution in [-0.2, 0) is 10.0 Å². The van der Waals surface area contributed by atoms with Gasteiger partial charge in [-0.3, -0.25) is 4.90 Å². The van der Waals surface area contributed by atoms with Gasteiger partial charge < -0.3 is 10.2 Å². The summed E-state index contributed by atoms with van der Waals surface area (Å²) >= 11 is 0. The van der Waals surface area contributed by atoms with Crippen molar-refractivity contribution in [3.63, 3.8) is 0 Å². The second kappa shape index (κ2) is 12.8. The van der Waals surface area contributed by atoms with Crippen molar-refractivity contribution in [1.82, 2.24) is 38.8 Å². The summed E-state index contributed by atoms with van der Waals surface area (Å²) in [6.07, 6.45) is 3.86. The van der Waals surface area contributed by atoms with Crippen LogP contribution in [0.15, 0.2) is 84.1 Å². The molecule has 0 aliphatic carbocycles. The van der Waals surface area contributed by atoms with Gasteiger partial charge in [0, 0.05) is 45.0 Å². The van der Waals surface area contributed by atoms with E-state index in [9.17, 15) is 8.42 Å². The second-order valence-corrected chi connectivity index (χ2v) is 12.5. The molecule has 0 fully saturated rings. The Morgan fingerprint density at radius 3 is 2.44 bits per heavy atom. The summed E-state index contributed by atoms with van der Waals surface area (Å²) in [5.74, 6) is 1.55. The van der Waals surface area contributed by atoms with Gasteiger partial charge in [0.05, 0.1) is 16.6 Å². The van der Waals surface area contributed by atoms with Gasteiger partial charge in [0.25, 0.3) is 0 Å². The van der Waals surface area contributed by atoms with Crippen molar-refractivity contribution in [2.75, 3.05) is 51.5 Å². The predicted molar refractivity (Wildman–Crippen MR) is 168 cm³/mol. The maximum Gasteiger partial charge on any atom is 0.242 e. The molecule has 5 aromatic rings. The lowest BCUT2D eigenvalue weighted by Crippen LogP contribution is -2.33. The van der Waals surface area contributed by atoms with E-state index >= 15 is 0 Å². The van der Waals surface area contributed by atoms with Crippen LogP contribution in [-0.4, -0.2) is 88.5 Å². The highest BCUT2D eigenvalue weighted by molar-refractivity contribution is 7.89. The molecule has 43 heavy (non-hydrogen) atoms. The second-order valence-electron chi connectivity index (χ2n) is 10.4.